The highest BCUT2D eigenvalue weighted by Gasteiger charge is 2.09. The number of nitrogens with one attached hydrogen (secondary N) is 1. The van der Waals surface area contributed by atoms with Crippen LogP contribution in [-0.4, -0.2) is 53.4 Å². The van der Waals surface area contributed by atoms with Crippen LogP contribution in [-0.2, 0) is 0 Å². The number of benzene rings is 1. The highest BCUT2D eigenvalue weighted by atomic mass is 16.5. The molecular weight excluding hydrogens is 266 g/mol. The van der Waals surface area contributed by atoms with E-state index in [2.05, 4.69) is 25.4 Å². The fourth-order valence-corrected chi connectivity index (χ4v) is 2.63. The summed E-state index contributed by atoms with van der Waals surface area (Å²) < 4.78 is 5.21. The average Bonchev–Trinajstić information content (AvgIpc) is 2.55. The Morgan fingerprint density at radius 1 is 1.14 bits per heavy atom. The van der Waals surface area contributed by atoms with Crippen molar-refractivity contribution in [1.82, 2.24) is 20.1 Å². The van der Waals surface area contributed by atoms with Crippen LogP contribution >= 0.6 is 0 Å². The first-order chi connectivity index (χ1) is 10.3. The lowest BCUT2D eigenvalue weighted by atomic mass is 10.1. The maximum absolute atomic E-state index is 5.21. The Morgan fingerprint density at radius 2 is 2.00 bits per heavy atom. The number of piperidine rings is 1. The minimum atomic E-state index is 0.577. The lowest BCUT2D eigenvalue weighted by Gasteiger charge is -2.26. The average molecular weight is 287 g/mol. The van der Waals surface area contributed by atoms with Gasteiger partial charge in [0.2, 0.25) is 5.95 Å². The zero-order chi connectivity index (χ0) is 14.5. The number of rotatable bonds is 5. The quantitative estimate of drug-likeness (QED) is 0.906. The van der Waals surface area contributed by atoms with Crippen molar-refractivity contribution in [3.8, 4) is 5.75 Å². The molecule has 0 bridgehead atoms. The second kappa shape index (κ2) is 6.67. The van der Waals surface area contributed by atoms with E-state index in [1.54, 1.807) is 7.11 Å². The molecule has 1 saturated heterocycles. The van der Waals surface area contributed by atoms with E-state index in [-0.39, 0.29) is 0 Å². The third-order valence-electron chi connectivity index (χ3n) is 3.82. The van der Waals surface area contributed by atoms with Crippen LogP contribution in [0.5, 0.6) is 5.75 Å². The van der Waals surface area contributed by atoms with Crippen molar-refractivity contribution in [2.75, 3.05) is 38.6 Å². The first kappa shape index (κ1) is 14.0. The van der Waals surface area contributed by atoms with E-state index in [0.29, 0.717) is 5.95 Å². The molecule has 0 spiro atoms. The SMILES string of the molecule is COc1ccc2nnc(NCCN3CCCCC3)nc2c1. The molecule has 6 nitrogen and oxygen atoms in total. The topological polar surface area (TPSA) is 63.2 Å². The Labute approximate surface area is 124 Å². The first-order valence-corrected chi connectivity index (χ1v) is 7.50. The minimum Gasteiger partial charge on any atom is -0.497 e. The molecule has 0 radical (unpaired) electrons. The predicted octanol–water partition coefficient (Wildman–Crippen LogP) is 1.93. The van der Waals surface area contributed by atoms with Crippen molar-refractivity contribution < 1.29 is 4.74 Å². The molecule has 0 aliphatic carbocycles. The van der Waals surface area contributed by atoms with E-state index in [9.17, 15) is 0 Å². The fourth-order valence-electron chi connectivity index (χ4n) is 2.63. The van der Waals surface area contributed by atoms with Crippen LogP contribution in [0.2, 0.25) is 0 Å². The molecule has 1 aromatic carbocycles. The molecule has 3 rings (SSSR count). The second-order valence-corrected chi connectivity index (χ2v) is 5.32. The summed E-state index contributed by atoms with van der Waals surface area (Å²) in [5.74, 6) is 1.36. The summed E-state index contributed by atoms with van der Waals surface area (Å²) in [5.41, 5.74) is 1.57. The monoisotopic (exact) mass is 287 g/mol. The number of hydrogen-bond donors (Lipinski definition) is 1. The Morgan fingerprint density at radius 3 is 2.81 bits per heavy atom. The van der Waals surface area contributed by atoms with Gasteiger partial charge in [0.05, 0.1) is 12.6 Å². The molecule has 6 heteroatoms. The highest BCUT2D eigenvalue weighted by molar-refractivity contribution is 5.76. The van der Waals surface area contributed by atoms with Gasteiger partial charge >= 0.3 is 0 Å². The van der Waals surface area contributed by atoms with Crippen molar-refractivity contribution in [3.05, 3.63) is 18.2 Å². The second-order valence-electron chi connectivity index (χ2n) is 5.32. The zero-order valence-electron chi connectivity index (χ0n) is 12.4. The molecule has 1 aromatic heterocycles. The summed E-state index contributed by atoms with van der Waals surface area (Å²) in [6.07, 6.45) is 3.99. The number of likely N-dealkylation sites (tertiary alicyclic amines) is 1. The molecule has 2 heterocycles. The summed E-state index contributed by atoms with van der Waals surface area (Å²) in [6.45, 7) is 4.28. The van der Waals surface area contributed by atoms with Crippen LogP contribution in [0.25, 0.3) is 11.0 Å². The molecule has 0 saturated carbocycles. The van der Waals surface area contributed by atoms with Crippen LogP contribution in [0.4, 0.5) is 5.95 Å². The van der Waals surface area contributed by atoms with Crippen LogP contribution in [0, 0.1) is 0 Å². The van der Waals surface area contributed by atoms with Gasteiger partial charge in [-0.05, 0) is 38.1 Å². The molecule has 1 aliphatic heterocycles. The van der Waals surface area contributed by atoms with Gasteiger partial charge in [-0.3, -0.25) is 0 Å². The number of ether oxygens (including phenoxy) is 1. The van der Waals surface area contributed by atoms with E-state index < -0.39 is 0 Å². The molecular formula is C15H21N5O. The Balaban J connectivity index is 1.60. The van der Waals surface area contributed by atoms with Gasteiger partial charge in [0, 0.05) is 19.2 Å². The maximum Gasteiger partial charge on any atom is 0.243 e. The molecule has 112 valence electrons. The summed E-state index contributed by atoms with van der Waals surface area (Å²) >= 11 is 0. The molecule has 1 fully saturated rings. The van der Waals surface area contributed by atoms with Gasteiger partial charge < -0.3 is 15.0 Å². The van der Waals surface area contributed by atoms with E-state index in [0.717, 1.165) is 29.9 Å². The van der Waals surface area contributed by atoms with E-state index in [1.165, 1.54) is 32.4 Å². The summed E-state index contributed by atoms with van der Waals surface area (Å²) in [4.78, 5) is 6.96. The zero-order valence-corrected chi connectivity index (χ0v) is 12.4. The van der Waals surface area contributed by atoms with Crippen molar-refractivity contribution >= 4 is 17.0 Å². The Bertz CT molecular complexity index is 598. The Hall–Kier alpha value is -1.95. The van der Waals surface area contributed by atoms with Crippen molar-refractivity contribution in [2.45, 2.75) is 19.3 Å². The number of hydrogen-bond acceptors (Lipinski definition) is 6. The van der Waals surface area contributed by atoms with Gasteiger partial charge in [-0.25, -0.2) is 4.98 Å². The third-order valence-corrected chi connectivity index (χ3v) is 3.82. The van der Waals surface area contributed by atoms with E-state index in [1.807, 2.05) is 18.2 Å². The maximum atomic E-state index is 5.21. The molecule has 0 unspecified atom stereocenters. The third kappa shape index (κ3) is 3.58. The van der Waals surface area contributed by atoms with Gasteiger partial charge in [0.25, 0.3) is 0 Å². The number of nitrogens with zero attached hydrogens (tertiary/aromatic N) is 4. The summed E-state index contributed by atoms with van der Waals surface area (Å²) in [7, 11) is 1.65. The molecule has 0 amide bonds. The number of fused-ring (bicyclic) bond motifs is 1. The summed E-state index contributed by atoms with van der Waals surface area (Å²) in [6, 6.07) is 5.60. The predicted molar refractivity (Wildman–Crippen MR) is 82.7 cm³/mol. The van der Waals surface area contributed by atoms with Crippen LogP contribution in [0.1, 0.15) is 19.3 Å². The molecule has 21 heavy (non-hydrogen) atoms. The molecule has 2 aromatic rings. The van der Waals surface area contributed by atoms with E-state index in [4.69, 9.17) is 4.74 Å². The fraction of sp³-hybridized carbons (Fsp3) is 0.533. The van der Waals surface area contributed by atoms with E-state index >= 15 is 0 Å². The number of aromatic nitrogens is 3. The van der Waals surface area contributed by atoms with Crippen LogP contribution in [0.15, 0.2) is 18.2 Å². The minimum absolute atomic E-state index is 0.577. The summed E-state index contributed by atoms with van der Waals surface area (Å²) in [5, 5.41) is 11.5. The number of methoxy groups -OCH3 is 1. The molecule has 0 atom stereocenters. The lowest BCUT2D eigenvalue weighted by Crippen LogP contribution is -2.33. The van der Waals surface area contributed by atoms with Crippen molar-refractivity contribution in [2.24, 2.45) is 0 Å². The molecule has 1 N–H and O–H groups in total. The normalized spacial score (nSPS) is 16.0. The van der Waals surface area contributed by atoms with Gasteiger partial charge in [-0.2, -0.15) is 0 Å². The standard InChI is InChI=1S/C15H21N5O/c1-21-12-5-6-13-14(11-12)17-15(19-18-13)16-7-10-20-8-3-2-4-9-20/h5-6,11H,2-4,7-10H2,1H3,(H,16,17,19). The van der Waals surface area contributed by atoms with Crippen molar-refractivity contribution in [3.63, 3.8) is 0 Å². The van der Waals surface area contributed by atoms with Crippen LogP contribution in [0.3, 0.4) is 0 Å². The Kier molecular flexibility index (Phi) is 4.45. The van der Waals surface area contributed by atoms with Gasteiger partial charge in [0.1, 0.15) is 11.3 Å². The van der Waals surface area contributed by atoms with Crippen molar-refractivity contribution in [1.29, 1.82) is 0 Å². The smallest absolute Gasteiger partial charge is 0.243 e. The largest absolute Gasteiger partial charge is 0.497 e. The van der Waals surface area contributed by atoms with Gasteiger partial charge in [-0.15, -0.1) is 10.2 Å². The number of anilines is 1. The highest BCUT2D eigenvalue weighted by Crippen LogP contribution is 2.17. The van der Waals surface area contributed by atoms with Crippen LogP contribution < -0.4 is 10.1 Å². The molecule has 1 aliphatic rings. The lowest BCUT2D eigenvalue weighted by molar-refractivity contribution is 0.237. The van der Waals surface area contributed by atoms with Gasteiger partial charge in [-0.1, -0.05) is 6.42 Å². The van der Waals surface area contributed by atoms with Gasteiger partial charge in [0.15, 0.2) is 0 Å². The first-order valence-electron chi connectivity index (χ1n) is 7.50.